The van der Waals surface area contributed by atoms with Crippen molar-refractivity contribution in [2.75, 3.05) is 18.9 Å². The van der Waals surface area contributed by atoms with Crippen molar-refractivity contribution in [1.29, 1.82) is 5.26 Å². The van der Waals surface area contributed by atoms with E-state index in [1.807, 2.05) is 4.57 Å². The number of nitrogens with two attached hydrogens (primary N) is 1. The molecule has 0 spiro atoms. The highest BCUT2D eigenvalue weighted by molar-refractivity contribution is 7.44. The summed E-state index contributed by atoms with van der Waals surface area (Å²) in [7, 11) is -1.28. The molecule has 1 fully saturated rings. The molecule has 2 aromatic rings. The fourth-order valence-corrected chi connectivity index (χ4v) is 5.19. The van der Waals surface area contributed by atoms with E-state index in [1.165, 1.54) is 6.33 Å². The zero-order valence-corrected chi connectivity index (χ0v) is 18.8. The van der Waals surface area contributed by atoms with Gasteiger partial charge >= 0.3 is 0 Å². The molecule has 3 rings (SSSR count). The smallest absolute Gasteiger partial charge is 0.259 e. The van der Waals surface area contributed by atoms with Crippen LogP contribution in [0.1, 0.15) is 53.2 Å². The van der Waals surface area contributed by atoms with Crippen molar-refractivity contribution >= 4 is 25.5 Å². The first-order valence-corrected chi connectivity index (χ1v) is 11.3. The molecular weight excluding hydrogens is 405 g/mol. The number of fused-ring (bicyclic) bond motifs is 1. The van der Waals surface area contributed by atoms with Crippen molar-refractivity contribution in [2.45, 2.75) is 71.4 Å². The lowest BCUT2D eigenvalue weighted by Crippen LogP contribution is -2.34. The van der Waals surface area contributed by atoms with E-state index in [2.05, 4.69) is 53.4 Å². The van der Waals surface area contributed by atoms with Crippen molar-refractivity contribution in [3.8, 4) is 6.07 Å². The van der Waals surface area contributed by atoms with Crippen LogP contribution in [0.5, 0.6) is 0 Å². The molecule has 11 heteroatoms. The van der Waals surface area contributed by atoms with Crippen LogP contribution in [0.4, 0.5) is 5.82 Å². The van der Waals surface area contributed by atoms with Crippen LogP contribution in [0.25, 0.3) is 11.2 Å². The van der Waals surface area contributed by atoms with Gasteiger partial charge in [-0.1, -0.05) is 0 Å². The number of hydrogen-bond acceptors (Lipinski definition) is 9. The largest absolute Gasteiger partial charge is 0.382 e. The highest BCUT2D eigenvalue weighted by atomic mass is 31.2. The molecule has 1 unspecified atom stereocenters. The van der Waals surface area contributed by atoms with E-state index in [-0.39, 0.29) is 24.4 Å². The summed E-state index contributed by atoms with van der Waals surface area (Å²) < 4.78 is 22.5. The Labute approximate surface area is 178 Å². The monoisotopic (exact) mass is 435 g/mol. The maximum absolute atomic E-state index is 8.83. The molecule has 30 heavy (non-hydrogen) atoms. The Hall–Kier alpha value is -1.89. The van der Waals surface area contributed by atoms with Crippen LogP contribution in [-0.2, 0) is 13.8 Å². The summed E-state index contributed by atoms with van der Waals surface area (Å²) in [6.07, 6.45) is 4.93. The molecule has 2 N–H and O–H groups in total. The maximum atomic E-state index is 8.83. The molecule has 0 saturated carbocycles. The van der Waals surface area contributed by atoms with Crippen molar-refractivity contribution in [3.05, 3.63) is 12.7 Å². The Morgan fingerprint density at radius 3 is 2.73 bits per heavy atom. The summed E-state index contributed by atoms with van der Waals surface area (Å²) in [6.45, 7) is 9.25. The third-order valence-corrected chi connectivity index (χ3v) is 6.89. The lowest BCUT2D eigenvalue weighted by atomic mass is 10.2. The number of aromatic nitrogens is 4. The Balaban J connectivity index is 1.62. The number of hydrogen-bond donors (Lipinski definition) is 1. The van der Waals surface area contributed by atoms with Gasteiger partial charge in [-0.05, 0) is 40.5 Å². The van der Waals surface area contributed by atoms with Gasteiger partial charge in [-0.3, -0.25) is 4.57 Å². The van der Waals surface area contributed by atoms with Crippen LogP contribution in [0, 0.1) is 11.3 Å². The molecule has 3 heterocycles. The summed E-state index contributed by atoms with van der Waals surface area (Å²) >= 11 is 0. The number of nitriles is 1. The average Bonchev–Trinajstić information content (AvgIpc) is 3.32. The highest BCUT2D eigenvalue weighted by Crippen LogP contribution is 2.46. The molecule has 1 aliphatic heterocycles. The second kappa shape index (κ2) is 10.4. The topological polar surface area (TPSA) is 124 Å². The van der Waals surface area contributed by atoms with Gasteiger partial charge in [0, 0.05) is 12.1 Å². The highest BCUT2D eigenvalue weighted by Gasteiger charge is 2.32. The molecule has 0 amide bonds. The SMILES string of the molecule is CC(C)N(C(C)C)P(OCCC#N)OC[C@@H]1CC[C@H](n2cnc3c(N)ncnc32)O1. The van der Waals surface area contributed by atoms with Crippen LogP contribution in [0.15, 0.2) is 12.7 Å². The maximum Gasteiger partial charge on any atom is 0.259 e. The fourth-order valence-electron chi connectivity index (χ4n) is 3.56. The Kier molecular flexibility index (Phi) is 7.92. The molecule has 164 valence electrons. The summed E-state index contributed by atoms with van der Waals surface area (Å²) in [4.78, 5) is 12.6. The van der Waals surface area contributed by atoms with Crippen molar-refractivity contribution in [1.82, 2.24) is 24.2 Å². The standard InChI is InChI=1S/C19H30N7O3P/c1-13(2)26(14(3)4)30(27-9-5-8-20)28-10-15-6-7-16(29-15)25-12-24-17-18(21)22-11-23-19(17)25/h11-16H,5-7,9-10H2,1-4H3,(H2,21,22,23)/t15-,16+,30?/m0/s1. The van der Waals surface area contributed by atoms with Gasteiger partial charge < -0.3 is 19.5 Å². The van der Waals surface area contributed by atoms with Gasteiger partial charge in [0.15, 0.2) is 11.5 Å². The minimum atomic E-state index is -1.28. The van der Waals surface area contributed by atoms with E-state index in [0.29, 0.717) is 36.6 Å². The molecule has 0 aromatic carbocycles. The van der Waals surface area contributed by atoms with Gasteiger partial charge in [-0.15, -0.1) is 0 Å². The van der Waals surface area contributed by atoms with Crippen LogP contribution in [0.3, 0.4) is 0 Å². The summed E-state index contributed by atoms with van der Waals surface area (Å²) in [5.74, 6) is 0.360. The van der Waals surface area contributed by atoms with Gasteiger partial charge in [0.25, 0.3) is 8.53 Å². The summed E-state index contributed by atoms with van der Waals surface area (Å²) in [5.41, 5.74) is 7.13. The first-order chi connectivity index (χ1) is 14.4. The van der Waals surface area contributed by atoms with Crippen LogP contribution >= 0.6 is 8.53 Å². The molecule has 0 aliphatic carbocycles. The molecular formula is C19H30N7O3P. The minimum Gasteiger partial charge on any atom is -0.382 e. The molecule has 3 atom stereocenters. The van der Waals surface area contributed by atoms with Crippen molar-refractivity contribution in [2.24, 2.45) is 0 Å². The second-order valence-electron chi connectivity index (χ2n) is 7.72. The summed E-state index contributed by atoms with van der Waals surface area (Å²) in [5, 5.41) is 8.83. The Morgan fingerprint density at radius 1 is 1.27 bits per heavy atom. The Morgan fingerprint density at radius 2 is 2.03 bits per heavy atom. The van der Waals surface area contributed by atoms with Crippen molar-refractivity contribution < 1.29 is 13.8 Å². The number of rotatable bonds is 10. The Bertz CT molecular complexity index is 861. The number of anilines is 1. The van der Waals surface area contributed by atoms with E-state index >= 15 is 0 Å². The van der Waals surface area contributed by atoms with E-state index in [1.54, 1.807) is 6.33 Å². The van der Waals surface area contributed by atoms with Gasteiger partial charge in [0.2, 0.25) is 0 Å². The van der Waals surface area contributed by atoms with E-state index < -0.39 is 8.53 Å². The third kappa shape index (κ3) is 5.23. The quantitative estimate of drug-likeness (QED) is 0.442. The van der Waals surface area contributed by atoms with Gasteiger partial charge in [0.05, 0.1) is 38.1 Å². The van der Waals surface area contributed by atoms with E-state index in [0.717, 1.165) is 12.8 Å². The molecule has 0 bridgehead atoms. The molecule has 10 nitrogen and oxygen atoms in total. The third-order valence-electron chi connectivity index (χ3n) is 4.82. The predicted molar refractivity (Wildman–Crippen MR) is 114 cm³/mol. The normalized spacial score (nSPS) is 20.5. The van der Waals surface area contributed by atoms with E-state index in [4.69, 9.17) is 24.8 Å². The number of ether oxygens (including phenoxy) is 1. The molecule has 1 saturated heterocycles. The van der Waals surface area contributed by atoms with Gasteiger partial charge in [-0.25, -0.2) is 19.6 Å². The minimum absolute atomic E-state index is 0.0580. The molecule has 2 aromatic heterocycles. The van der Waals surface area contributed by atoms with Gasteiger partial charge in [0.1, 0.15) is 18.1 Å². The first kappa shape index (κ1) is 22.8. The fraction of sp³-hybridized carbons (Fsp3) is 0.684. The lowest BCUT2D eigenvalue weighted by Gasteiger charge is -2.36. The second-order valence-corrected chi connectivity index (χ2v) is 9.17. The van der Waals surface area contributed by atoms with E-state index in [9.17, 15) is 0 Å². The summed E-state index contributed by atoms with van der Waals surface area (Å²) in [6, 6.07) is 2.64. The van der Waals surface area contributed by atoms with Crippen LogP contribution in [0.2, 0.25) is 0 Å². The lowest BCUT2D eigenvalue weighted by molar-refractivity contribution is -0.0187. The van der Waals surface area contributed by atoms with Crippen LogP contribution < -0.4 is 5.73 Å². The van der Waals surface area contributed by atoms with Crippen molar-refractivity contribution in [3.63, 3.8) is 0 Å². The number of imidazole rings is 1. The van der Waals surface area contributed by atoms with Crippen LogP contribution in [-0.4, -0.2) is 55.6 Å². The first-order valence-electron chi connectivity index (χ1n) is 10.2. The average molecular weight is 435 g/mol. The molecule has 0 radical (unpaired) electrons. The zero-order valence-electron chi connectivity index (χ0n) is 17.9. The predicted octanol–water partition coefficient (Wildman–Crippen LogP) is 3.38. The van der Waals surface area contributed by atoms with Gasteiger partial charge in [-0.2, -0.15) is 5.26 Å². The molecule has 1 aliphatic rings. The number of nitrogens with zero attached hydrogens (tertiary/aromatic N) is 6. The number of nitrogen functional groups attached to an aromatic ring is 1. The zero-order chi connectivity index (χ0) is 21.7.